The van der Waals surface area contributed by atoms with Gasteiger partial charge >= 0.3 is 0 Å². The molecule has 1 aromatic carbocycles. The molecule has 0 aliphatic rings. The summed E-state index contributed by atoms with van der Waals surface area (Å²) < 4.78 is 8.51. The molecule has 0 saturated carbocycles. The molecule has 0 atom stereocenters. The van der Waals surface area contributed by atoms with Crippen LogP contribution in [0, 0.1) is 6.92 Å². The number of H-pyrrole nitrogens is 1. The zero-order valence-corrected chi connectivity index (χ0v) is 18.9. The van der Waals surface area contributed by atoms with Crippen LogP contribution in [-0.2, 0) is 0 Å². The minimum atomic E-state index is -0.226. The molecule has 3 heterocycles. The summed E-state index contributed by atoms with van der Waals surface area (Å²) in [7, 11) is 0. The van der Waals surface area contributed by atoms with Gasteiger partial charge in [0.15, 0.2) is 0 Å². The van der Waals surface area contributed by atoms with Gasteiger partial charge in [-0.25, -0.2) is 4.98 Å². The molecule has 0 aliphatic heterocycles. The van der Waals surface area contributed by atoms with Crippen molar-refractivity contribution in [1.29, 1.82) is 0 Å². The van der Waals surface area contributed by atoms with Gasteiger partial charge in [0.05, 0.1) is 29.6 Å². The highest BCUT2D eigenvalue weighted by atomic mass is 32.1. The van der Waals surface area contributed by atoms with Crippen LogP contribution in [0.1, 0.15) is 29.9 Å². The van der Waals surface area contributed by atoms with Gasteiger partial charge in [-0.3, -0.25) is 4.79 Å². The highest BCUT2D eigenvalue weighted by molar-refractivity contribution is 7.00. The van der Waals surface area contributed by atoms with Crippen LogP contribution >= 0.6 is 11.7 Å². The van der Waals surface area contributed by atoms with Crippen LogP contribution in [0.5, 0.6) is 0 Å². The van der Waals surface area contributed by atoms with Crippen molar-refractivity contribution in [2.24, 2.45) is 0 Å². The third-order valence-electron chi connectivity index (χ3n) is 4.82. The van der Waals surface area contributed by atoms with Crippen LogP contribution < -0.4 is 16.0 Å². The number of aliphatic hydroxyl groups is 1. The zero-order chi connectivity index (χ0) is 22.7. The molecule has 32 heavy (non-hydrogen) atoms. The van der Waals surface area contributed by atoms with Crippen molar-refractivity contribution in [2.75, 3.05) is 23.8 Å². The Balaban J connectivity index is 1.64. The molecule has 9 nitrogen and oxygen atoms in total. The van der Waals surface area contributed by atoms with E-state index in [1.807, 2.05) is 31.2 Å². The number of amides is 1. The van der Waals surface area contributed by atoms with Crippen LogP contribution in [0.2, 0.25) is 0 Å². The number of benzene rings is 1. The molecule has 0 radical (unpaired) electrons. The fraction of sp³-hybridized carbons (Fsp3) is 0.273. The van der Waals surface area contributed by atoms with E-state index in [9.17, 15) is 4.79 Å². The molecule has 4 rings (SSSR count). The highest BCUT2D eigenvalue weighted by Crippen LogP contribution is 2.32. The Bertz CT molecular complexity index is 1250. The number of aromatic amines is 1. The third-order valence-corrected chi connectivity index (χ3v) is 5.38. The summed E-state index contributed by atoms with van der Waals surface area (Å²) in [6.45, 7) is 6.08. The topological polar surface area (TPSA) is 128 Å². The van der Waals surface area contributed by atoms with Crippen molar-refractivity contribution in [3.05, 3.63) is 47.8 Å². The number of nitrogens with zero attached hydrogens (tertiary/aromatic N) is 3. The average molecular weight is 452 g/mol. The first-order chi connectivity index (χ1) is 15.4. The number of rotatable bonds is 8. The van der Waals surface area contributed by atoms with Crippen molar-refractivity contribution in [2.45, 2.75) is 26.8 Å². The summed E-state index contributed by atoms with van der Waals surface area (Å²) in [5.41, 5.74) is 6.39. The first kappa shape index (κ1) is 21.7. The van der Waals surface area contributed by atoms with Gasteiger partial charge in [0, 0.05) is 47.5 Å². The quantitative estimate of drug-likeness (QED) is 0.276. The van der Waals surface area contributed by atoms with Gasteiger partial charge < -0.3 is 26.0 Å². The van der Waals surface area contributed by atoms with E-state index in [1.54, 1.807) is 12.3 Å². The van der Waals surface area contributed by atoms with Crippen molar-refractivity contribution in [3.8, 4) is 11.3 Å². The van der Waals surface area contributed by atoms with Crippen molar-refractivity contribution < 1.29 is 9.90 Å². The molecule has 0 bridgehead atoms. The Kier molecular flexibility index (Phi) is 6.33. The molecule has 166 valence electrons. The molecule has 4 aromatic rings. The number of fused-ring (bicyclic) bond motifs is 1. The molecule has 0 spiro atoms. The monoisotopic (exact) mass is 451 g/mol. The molecular weight excluding hydrogens is 426 g/mol. The van der Waals surface area contributed by atoms with Crippen molar-refractivity contribution in [1.82, 2.24) is 24.0 Å². The number of aromatic nitrogens is 4. The number of aliphatic hydroxyl groups excluding tert-OH is 1. The summed E-state index contributed by atoms with van der Waals surface area (Å²) in [6.07, 6.45) is 1.77. The number of pyridine rings is 1. The standard InChI is InChI=1S/C22H25N7O2S/c1-12(2)25-19-10-21(27-14-4-5-17-20(8-14)29-32-28-17)24-11-16(19)18-9-15(13(3)26-18)22(31)23-6-7-30/h4-5,8-12,26,30H,6-7H2,1-3H3,(H,23,31)(H2,24,25,27). The predicted octanol–water partition coefficient (Wildman–Crippen LogP) is 3.68. The van der Waals surface area contributed by atoms with Gasteiger partial charge in [0.2, 0.25) is 0 Å². The minimum Gasteiger partial charge on any atom is -0.395 e. The number of nitrogens with one attached hydrogen (secondary N) is 4. The van der Waals surface area contributed by atoms with Crippen LogP contribution in [-0.4, -0.2) is 48.9 Å². The smallest absolute Gasteiger partial charge is 0.253 e. The average Bonchev–Trinajstić information content (AvgIpc) is 3.38. The second-order valence-electron chi connectivity index (χ2n) is 7.71. The normalized spacial score (nSPS) is 11.2. The first-order valence-electron chi connectivity index (χ1n) is 10.3. The Morgan fingerprint density at radius 2 is 2.00 bits per heavy atom. The predicted molar refractivity (Wildman–Crippen MR) is 128 cm³/mol. The SMILES string of the molecule is Cc1[nH]c(-c2cnc(Nc3ccc4nsnc4c3)cc2NC(C)C)cc1C(=O)NCCO. The highest BCUT2D eigenvalue weighted by Gasteiger charge is 2.16. The van der Waals surface area contributed by atoms with E-state index in [4.69, 9.17) is 5.11 Å². The van der Waals surface area contributed by atoms with Gasteiger partial charge in [-0.15, -0.1) is 0 Å². The summed E-state index contributed by atoms with van der Waals surface area (Å²) in [4.78, 5) is 20.2. The Labute approximate surface area is 189 Å². The van der Waals surface area contributed by atoms with E-state index in [2.05, 4.69) is 48.5 Å². The first-order valence-corrected chi connectivity index (χ1v) is 11.0. The summed E-state index contributed by atoms with van der Waals surface area (Å²) in [6, 6.07) is 9.76. The molecule has 0 aliphatic carbocycles. The van der Waals surface area contributed by atoms with Crippen molar-refractivity contribution in [3.63, 3.8) is 0 Å². The summed E-state index contributed by atoms with van der Waals surface area (Å²) in [5, 5.41) is 18.4. The van der Waals surface area contributed by atoms with Gasteiger partial charge in [-0.05, 0) is 45.0 Å². The van der Waals surface area contributed by atoms with Crippen molar-refractivity contribution >= 4 is 45.9 Å². The zero-order valence-electron chi connectivity index (χ0n) is 18.1. The van der Waals surface area contributed by atoms with Gasteiger partial charge in [-0.1, -0.05) is 0 Å². The Morgan fingerprint density at radius 3 is 2.78 bits per heavy atom. The lowest BCUT2D eigenvalue weighted by Gasteiger charge is -2.16. The minimum absolute atomic E-state index is 0.102. The van der Waals surface area contributed by atoms with Crippen LogP contribution in [0.4, 0.5) is 17.2 Å². The summed E-state index contributed by atoms with van der Waals surface area (Å²) in [5.74, 6) is 0.458. The molecule has 5 N–H and O–H groups in total. The molecule has 10 heteroatoms. The lowest BCUT2D eigenvalue weighted by molar-refractivity contribution is 0.0944. The maximum absolute atomic E-state index is 12.4. The van der Waals surface area contributed by atoms with E-state index in [1.165, 1.54) is 11.7 Å². The van der Waals surface area contributed by atoms with Gasteiger partial charge in [0.25, 0.3) is 5.91 Å². The number of hydrogen-bond donors (Lipinski definition) is 5. The van der Waals surface area contributed by atoms with Crippen LogP contribution in [0.15, 0.2) is 36.5 Å². The lowest BCUT2D eigenvalue weighted by atomic mass is 10.1. The summed E-state index contributed by atoms with van der Waals surface area (Å²) >= 11 is 1.19. The molecule has 3 aromatic heterocycles. The second kappa shape index (κ2) is 9.33. The fourth-order valence-electron chi connectivity index (χ4n) is 3.38. The maximum atomic E-state index is 12.4. The Morgan fingerprint density at radius 1 is 1.19 bits per heavy atom. The number of carbonyl (C=O) groups excluding carboxylic acids is 1. The molecular formula is C22H25N7O2S. The number of aryl methyl sites for hydroxylation is 1. The second-order valence-corrected chi connectivity index (χ2v) is 8.24. The van der Waals surface area contributed by atoms with Gasteiger partial charge in [-0.2, -0.15) is 8.75 Å². The number of anilines is 3. The van der Waals surface area contributed by atoms with E-state index >= 15 is 0 Å². The molecule has 0 saturated heterocycles. The molecule has 1 amide bonds. The van der Waals surface area contributed by atoms with Gasteiger partial charge in [0.1, 0.15) is 16.9 Å². The van der Waals surface area contributed by atoms with Crippen LogP contribution in [0.3, 0.4) is 0 Å². The lowest BCUT2D eigenvalue weighted by Crippen LogP contribution is -2.26. The molecule has 0 unspecified atom stereocenters. The van der Waals surface area contributed by atoms with E-state index in [-0.39, 0.29) is 25.1 Å². The fourth-order valence-corrected chi connectivity index (χ4v) is 3.90. The largest absolute Gasteiger partial charge is 0.395 e. The number of carbonyl (C=O) groups is 1. The number of hydrogen-bond acceptors (Lipinski definition) is 8. The maximum Gasteiger partial charge on any atom is 0.253 e. The molecule has 0 fully saturated rings. The van der Waals surface area contributed by atoms with E-state index in [0.717, 1.165) is 39.4 Å². The third kappa shape index (κ3) is 4.71. The van der Waals surface area contributed by atoms with E-state index < -0.39 is 0 Å². The van der Waals surface area contributed by atoms with E-state index in [0.29, 0.717) is 11.4 Å². The Hall–Kier alpha value is -3.50. The van der Waals surface area contributed by atoms with Crippen LogP contribution in [0.25, 0.3) is 22.3 Å².